The van der Waals surface area contributed by atoms with Gasteiger partial charge in [0.25, 0.3) is 5.91 Å². The molecule has 0 saturated carbocycles. The molecule has 5 nitrogen and oxygen atoms in total. The molecule has 0 radical (unpaired) electrons. The second-order valence-corrected chi connectivity index (χ2v) is 6.20. The number of carbonyl (C=O) groups excluding carboxylic acids is 1. The number of amides is 1. The van der Waals surface area contributed by atoms with Gasteiger partial charge in [0.1, 0.15) is 11.5 Å². The maximum absolute atomic E-state index is 12.0. The lowest BCUT2D eigenvalue weighted by molar-refractivity contribution is 0.0803. The minimum absolute atomic E-state index is 0.0547. The van der Waals surface area contributed by atoms with Crippen LogP contribution in [-0.4, -0.2) is 35.1 Å². The van der Waals surface area contributed by atoms with Crippen molar-refractivity contribution in [3.63, 3.8) is 0 Å². The van der Waals surface area contributed by atoms with Gasteiger partial charge in [-0.2, -0.15) is 0 Å². The molecule has 2 heterocycles. The number of hydrogen-bond acceptors (Lipinski definition) is 3. The first kappa shape index (κ1) is 14.1. The molecule has 1 aliphatic heterocycles. The highest BCUT2D eigenvalue weighted by Crippen LogP contribution is 2.25. The molecule has 0 unspecified atom stereocenters. The van der Waals surface area contributed by atoms with Crippen LogP contribution in [0.3, 0.4) is 0 Å². The monoisotopic (exact) mass is 265 g/mol. The van der Waals surface area contributed by atoms with Gasteiger partial charge in [0.05, 0.1) is 12.7 Å². The number of rotatable bonds is 4. The number of aromatic nitrogens is 2. The van der Waals surface area contributed by atoms with Crippen LogP contribution in [0.4, 0.5) is 0 Å². The minimum atomic E-state index is -0.0761. The molecule has 0 atom stereocenters. The zero-order valence-corrected chi connectivity index (χ0v) is 12.2. The van der Waals surface area contributed by atoms with E-state index in [-0.39, 0.29) is 17.4 Å². The summed E-state index contributed by atoms with van der Waals surface area (Å²) in [5, 5.41) is 2.93. The summed E-state index contributed by atoms with van der Waals surface area (Å²) in [5.74, 6) is 0.756. The summed E-state index contributed by atoms with van der Waals surface area (Å²) in [4.78, 5) is 19.7. The van der Waals surface area contributed by atoms with Crippen LogP contribution < -0.4 is 5.32 Å². The van der Waals surface area contributed by atoms with Crippen LogP contribution in [0.5, 0.6) is 0 Å². The summed E-state index contributed by atoms with van der Waals surface area (Å²) in [6.45, 7) is 9.60. The third kappa shape index (κ3) is 3.56. The van der Waals surface area contributed by atoms with Gasteiger partial charge in [-0.05, 0) is 25.7 Å². The molecule has 5 heteroatoms. The molecule has 1 amide bonds. The van der Waals surface area contributed by atoms with Crippen molar-refractivity contribution in [2.24, 2.45) is 5.41 Å². The standard InChI is InChI=1S/C14H23N3O2/c1-9(2)19-6-5-11-16-10-7-14(3,4)8-15-13(18)12(10)17-11/h9H,5-8H2,1-4H3,(H,15,18)(H,16,17). The van der Waals surface area contributed by atoms with E-state index in [1.54, 1.807) is 0 Å². The lowest BCUT2D eigenvalue weighted by Gasteiger charge is -2.21. The predicted molar refractivity (Wildman–Crippen MR) is 73.2 cm³/mol. The van der Waals surface area contributed by atoms with Crippen molar-refractivity contribution >= 4 is 5.91 Å². The van der Waals surface area contributed by atoms with Crippen molar-refractivity contribution in [3.05, 3.63) is 17.2 Å². The van der Waals surface area contributed by atoms with Crippen molar-refractivity contribution in [1.82, 2.24) is 15.3 Å². The van der Waals surface area contributed by atoms with Gasteiger partial charge in [0.2, 0.25) is 0 Å². The Morgan fingerprint density at radius 2 is 2.16 bits per heavy atom. The van der Waals surface area contributed by atoms with Gasteiger partial charge < -0.3 is 15.0 Å². The Hall–Kier alpha value is -1.36. The maximum atomic E-state index is 12.0. The van der Waals surface area contributed by atoms with E-state index in [2.05, 4.69) is 29.1 Å². The average molecular weight is 265 g/mol. The van der Waals surface area contributed by atoms with Gasteiger partial charge in [-0.15, -0.1) is 0 Å². The highest BCUT2D eigenvalue weighted by Gasteiger charge is 2.29. The number of hydrogen-bond donors (Lipinski definition) is 2. The fraction of sp³-hybridized carbons (Fsp3) is 0.714. The van der Waals surface area contributed by atoms with E-state index in [0.717, 1.165) is 17.9 Å². The molecule has 1 aromatic rings. The van der Waals surface area contributed by atoms with E-state index in [0.29, 0.717) is 25.3 Å². The fourth-order valence-electron chi connectivity index (χ4n) is 2.23. The van der Waals surface area contributed by atoms with Gasteiger partial charge >= 0.3 is 0 Å². The molecule has 19 heavy (non-hydrogen) atoms. The Bertz CT molecular complexity index is 463. The second kappa shape index (κ2) is 5.33. The number of nitrogens with one attached hydrogen (secondary N) is 2. The number of imidazole rings is 1. The van der Waals surface area contributed by atoms with Crippen LogP contribution >= 0.6 is 0 Å². The molecule has 2 rings (SSSR count). The van der Waals surface area contributed by atoms with Gasteiger partial charge in [-0.3, -0.25) is 4.79 Å². The van der Waals surface area contributed by atoms with E-state index < -0.39 is 0 Å². The average Bonchev–Trinajstić information content (AvgIpc) is 2.63. The van der Waals surface area contributed by atoms with Crippen LogP contribution in [0.25, 0.3) is 0 Å². The third-order valence-corrected chi connectivity index (χ3v) is 3.22. The number of H-pyrrole nitrogens is 1. The van der Waals surface area contributed by atoms with Crippen LogP contribution in [0, 0.1) is 5.41 Å². The van der Waals surface area contributed by atoms with Gasteiger partial charge in [-0.1, -0.05) is 13.8 Å². The van der Waals surface area contributed by atoms with Crippen LogP contribution in [-0.2, 0) is 17.6 Å². The molecular weight excluding hydrogens is 242 g/mol. The number of carbonyl (C=O) groups is 1. The zero-order valence-electron chi connectivity index (χ0n) is 12.2. The molecular formula is C14H23N3O2. The summed E-state index contributed by atoms with van der Waals surface area (Å²) in [6, 6.07) is 0. The largest absolute Gasteiger partial charge is 0.378 e. The summed E-state index contributed by atoms with van der Waals surface area (Å²) < 4.78 is 5.51. The van der Waals surface area contributed by atoms with E-state index in [1.165, 1.54) is 0 Å². The van der Waals surface area contributed by atoms with Crippen molar-refractivity contribution < 1.29 is 9.53 Å². The summed E-state index contributed by atoms with van der Waals surface area (Å²) in [6.07, 6.45) is 1.76. The topological polar surface area (TPSA) is 67.0 Å². The predicted octanol–water partition coefficient (Wildman–Crippen LogP) is 1.69. The van der Waals surface area contributed by atoms with Crippen LogP contribution in [0.1, 0.15) is 49.7 Å². The van der Waals surface area contributed by atoms with Crippen LogP contribution in [0.15, 0.2) is 0 Å². The molecule has 1 aromatic heterocycles. The number of aromatic amines is 1. The highest BCUT2D eigenvalue weighted by atomic mass is 16.5. The molecule has 0 spiro atoms. The molecule has 2 N–H and O–H groups in total. The number of fused-ring (bicyclic) bond motifs is 1. The number of ether oxygens (including phenoxy) is 1. The molecule has 106 valence electrons. The maximum Gasteiger partial charge on any atom is 0.271 e. The van der Waals surface area contributed by atoms with E-state index in [9.17, 15) is 4.79 Å². The molecule has 0 aromatic carbocycles. The fourth-order valence-corrected chi connectivity index (χ4v) is 2.23. The van der Waals surface area contributed by atoms with E-state index in [1.807, 2.05) is 13.8 Å². The van der Waals surface area contributed by atoms with Gasteiger partial charge in [0.15, 0.2) is 0 Å². The normalized spacial score (nSPS) is 18.1. The lowest BCUT2D eigenvalue weighted by Crippen LogP contribution is -2.32. The summed E-state index contributed by atoms with van der Waals surface area (Å²) in [5.41, 5.74) is 1.55. The second-order valence-electron chi connectivity index (χ2n) is 6.20. The Balaban J connectivity index is 2.10. The first-order chi connectivity index (χ1) is 8.87. The van der Waals surface area contributed by atoms with Crippen molar-refractivity contribution in [3.8, 4) is 0 Å². The molecule has 0 aliphatic carbocycles. The molecule has 0 saturated heterocycles. The Labute approximate surface area is 114 Å². The molecule has 0 bridgehead atoms. The first-order valence-electron chi connectivity index (χ1n) is 6.85. The van der Waals surface area contributed by atoms with Crippen molar-refractivity contribution in [2.45, 2.75) is 46.6 Å². The number of nitrogens with zero attached hydrogens (tertiary/aromatic N) is 1. The molecule has 0 fully saturated rings. The van der Waals surface area contributed by atoms with E-state index >= 15 is 0 Å². The highest BCUT2D eigenvalue weighted by molar-refractivity contribution is 5.93. The summed E-state index contributed by atoms with van der Waals surface area (Å²) >= 11 is 0. The van der Waals surface area contributed by atoms with Crippen molar-refractivity contribution in [2.75, 3.05) is 13.2 Å². The first-order valence-corrected chi connectivity index (χ1v) is 6.85. The Morgan fingerprint density at radius 3 is 2.84 bits per heavy atom. The van der Waals surface area contributed by atoms with Gasteiger partial charge in [-0.25, -0.2) is 4.98 Å². The van der Waals surface area contributed by atoms with Crippen LogP contribution in [0.2, 0.25) is 0 Å². The SMILES string of the molecule is CC(C)OCCc1nc2c([nH]1)CC(C)(C)CNC2=O. The summed E-state index contributed by atoms with van der Waals surface area (Å²) in [7, 11) is 0. The Morgan fingerprint density at radius 1 is 1.42 bits per heavy atom. The van der Waals surface area contributed by atoms with E-state index in [4.69, 9.17) is 4.74 Å². The van der Waals surface area contributed by atoms with Gasteiger partial charge in [0, 0.05) is 18.7 Å². The van der Waals surface area contributed by atoms with Crippen molar-refractivity contribution in [1.29, 1.82) is 0 Å². The minimum Gasteiger partial charge on any atom is -0.378 e. The molecule has 1 aliphatic rings. The smallest absolute Gasteiger partial charge is 0.271 e. The quantitative estimate of drug-likeness (QED) is 0.870. The Kier molecular flexibility index (Phi) is 3.94. The lowest BCUT2D eigenvalue weighted by atomic mass is 9.88. The zero-order chi connectivity index (χ0) is 14.0. The third-order valence-electron chi connectivity index (χ3n) is 3.22.